The third kappa shape index (κ3) is 5.03. The number of ether oxygens (including phenoxy) is 2. The molecule has 0 unspecified atom stereocenters. The van der Waals surface area contributed by atoms with Crippen molar-refractivity contribution >= 4 is 5.78 Å². The third-order valence-electron chi connectivity index (χ3n) is 14.0. The Morgan fingerprint density at radius 1 is 0.976 bits per heavy atom. The highest BCUT2D eigenvalue weighted by atomic mass is 16.7. The van der Waals surface area contributed by atoms with Gasteiger partial charge in [-0.15, -0.1) is 0 Å². The molecule has 0 aromatic heterocycles. The lowest BCUT2D eigenvalue weighted by atomic mass is 9.44. The van der Waals surface area contributed by atoms with Gasteiger partial charge in [0.15, 0.2) is 6.29 Å². The number of carbonyl (C=O) groups is 1. The van der Waals surface area contributed by atoms with Gasteiger partial charge in [0, 0.05) is 24.9 Å². The molecule has 6 rings (SSSR count). The van der Waals surface area contributed by atoms with Gasteiger partial charge in [0.2, 0.25) is 0 Å². The number of aliphatic hydroxyl groups excluding tert-OH is 4. The fourth-order valence-corrected chi connectivity index (χ4v) is 11.7. The van der Waals surface area contributed by atoms with E-state index >= 15 is 0 Å². The third-order valence-corrected chi connectivity index (χ3v) is 14.0. The van der Waals surface area contributed by atoms with Gasteiger partial charge in [0.25, 0.3) is 0 Å². The van der Waals surface area contributed by atoms with Gasteiger partial charge >= 0.3 is 0 Å². The number of aliphatic hydroxyl groups is 4. The molecule has 0 aromatic rings. The van der Waals surface area contributed by atoms with Crippen molar-refractivity contribution in [1.29, 1.82) is 0 Å². The van der Waals surface area contributed by atoms with Crippen molar-refractivity contribution in [2.24, 2.45) is 52.3 Å². The monoisotopic (exact) mass is 591 g/mol. The van der Waals surface area contributed by atoms with Gasteiger partial charge in [-0.25, -0.2) is 0 Å². The number of nitrogens with zero attached hydrogens (tertiary/aromatic N) is 1. The Kier molecular flexibility index (Phi) is 8.69. The molecule has 8 nitrogen and oxygen atoms in total. The van der Waals surface area contributed by atoms with E-state index in [0.29, 0.717) is 53.8 Å². The molecule has 0 amide bonds. The predicted octanol–water partition coefficient (Wildman–Crippen LogP) is 3.38. The normalized spacial score (nSPS) is 54.1. The average Bonchev–Trinajstić information content (AvgIpc) is 3.31. The van der Waals surface area contributed by atoms with E-state index in [1.165, 1.54) is 45.1 Å². The van der Waals surface area contributed by atoms with Crippen molar-refractivity contribution < 1.29 is 34.7 Å². The Morgan fingerprint density at radius 2 is 1.69 bits per heavy atom. The molecule has 0 radical (unpaired) electrons. The van der Waals surface area contributed by atoms with Crippen LogP contribution >= 0.6 is 0 Å². The Labute approximate surface area is 252 Å². The van der Waals surface area contributed by atoms with Crippen LogP contribution in [0.3, 0.4) is 0 Å². The second-order valence-electron chi connectivity index (χ2n) is 16.1. The van der Waals surface area contributed by atoms with Crippen LogP contribution in [0.5, 0.6) is 0 Å². The maximum atomic E-state index is 14.0. The van der Waals surface area contributed by atoms with Crippen molar-refractivity contribution in [3.8, 4) is 0 Å². The SMILES string of the molecule is C[C@H]1CC[C@H]([C@@H](C)[C@H]2CC[C@H]3[C@@H]4CC(=O)[C@H]5C[C@@H](O[C@H]6O[C@@H](CO)[C@H](O)[C@@H](O)[C@@H]6O)CC[C@]5(C)[C@H]4CC[C@]23C)N(C)C1. The Balaban J connectivity index is 1.14. The van der Waals surface area contributed by atoms with E-state index in [0.717, 1.165) is 24.7 Å². The van der Waals surface area contributed by atoms with Crippen LogP contribution in [-0.2, 0) is 14.3 Å². The van der Waals surface area contributed by atoms with Crippen LogP contribution in [0.15, 0.2) is 0 Å². The first-order valence-corrected chi connectivity index (χ1v) is 17.1. The van der Waals surface area contributed by atoms with Crippen LogP contribution in [-0.4, -0.2) is 94.2 Å². The van der Waals surface area contributed by atoms with Crippen molar-refractivity contribution in [2.75, 3.05) is 20.2 Å². The van der Waals surface area contributed by atoms with Gasteiger partial charge in [-0.05, 0) is 111 Å². The number of likely N-dealkylation sites (tertiary alicyclic amines) is 1. The first-order valence-electron chi connectivity index (χ1n) is 17.1. The van der Waals surface area contributed by atoms with Gasteiger partial charge in [0.1, 0.15) is 30.2 Å². The molecule has 0 aromatic carbocycles. The Bertz CT molecular complexity index is 993. The first-order chi connectivity index (χ1) is 19.9. The molecule has 4 N–H and O–H groups in total. The summed E-state index contributed by atoms with van der Waals surface area (Å²) in [6.07, 6.45) is 3.97. The number of ketones is 1. The quantitative estimate of drug-likeness (QED) is 0.360. The van der Waals surface area contributed by atoms with E-state index in [-0.39, 0.29) is 17.4 Å². The maximum Gasteiger partial charge on any atom is 0.186 e. The first kappa shape index (κ1) is 31.4. The van der Waals surface area contributed by atoms with Crippen LogP contribution in [0.1, 0.15) is 91.9 Å². The predicted molar refractivity (Wildman–Crippen MR) is 158 cm³/mol. The number of piperidine rings is 1. The Morgan fingerprint density at radius 3 is 2.40 bits per heavy atom. The van der Waals surface area contributed by atoms with E-state index < -0.39 is 37.3 Å². The minimum atomic E-state index is -1.46. The zero-order valence-corrected chi connectivity index (χ0v) is 26.5. The summed E-state index contributed by atoms with van der Waals surface area (Å²) in [5, 5.41) is 40.4. The van der Waals surface area contributed by atoms with E-state index in [1.54, 1.807) is 0 Å². The molecule has 2 aliphatic heterocycles. The highest BCUT2D eigenvalue weighted by molar-refractivity contribution is 5.83. The summed E-state index contributed by atoms with van der Waals surface area (Å²) in [6, 6.07) is 0.674. The maximum absolute atomic E-state index is 14.0. The molecule has 0 spiro atoms. The zero-order valence-electron chi connectivity index (χ0n) is 26.5. The molecule has 6 aliphatic rings. The smallest absolute Gasteiger partial charge is 0.186 e. The summed E-state index contributed by atoms with van der Waals surface area (Å²) < 4.78 is 11.8. The molecule has 2 heterocycles. The van der Waals surface area contributed by atoms with Crippen molar-refractivity contribution in [3.63, 3.8) is 0 Å². The van der Waals surface area contributed by atoms with Crippen LogP contribution in [0, 0.1) is 52.3 Å². The lowest BCUT2D eigenvalue weighted by molar-refractivity contribution is -0.315. The molecular formula is C34H57NO7. The summed E-state index contributed by atoms with van der Waals surface area (Å²) >= 11 is 0. The van der Waals surface area contributed by atoms with Crippen molar-refractivity contribution in [2.45, 2.75) is 135 Å². The van der Waals surface area contributed by atoms with E-state index in [9.17, 15) is 25.2 Å². The summed E-state index contributed by atoms with van der Waals surface area (Å²) in [6.45, 7) is 10.6. The molecule has 8 heteroatoms. The van der Waals surface area contributed by atoms with Crippen LogP contribution in [0.4, 0.5) is 0 Å². The van der Waals surface area contributed by atoms with Crippen LogP contribution < -0.4 is 0 Å². The molecular weight excluding hydrogens is 534 g/mol. The molecule has 2 saturated heterocycles. The molecule has 0 bridgehead atoms. The fourth-order valence-electron chi connectivity index (χ4n) is 11.7. The minimum Gasteiger partial charge on any atom is -0.394 e. The molecule has 4 aliphatic carbocycles. The highest BCUT2D eigenvalue weighted by Gasteiger charge is 2.63. The number of Topliss-reactive ketones (excluding diaryl/α,β-unsaturated/α-hetero) is 1. The topological polar surface area (TPSA) is 120 Å². The lowest BCUT2D eigenvalue weighted by Gasteiger charge is -2.61. The van der Waals surface area contributed by atoms with Crippen LogP contribution in [0.25, 0.3) is 0 Å². The summed E-state index contributed by atoms with van der Waals surface area (Å²) in [5.41, 5.74) is 0.275. The second-order valence-corrected chi connectivity index (χ2v) is 16.1. The highest BCUT2D eigenvalue weighted by Crippen LogP contribution is 2.68. The lowest BCUT2D eigenvalue weighted by Crippen LogP contribution is -2.61. The average molecular weight is 592 g/mol. The Hall–Kier alpha value is -0.610. The summed E-state index contributed by atoms with van der Waals surface area (Å²) in [4.78, 5) is 16.6. The van der Waals surface area contributed by atoms with Gasteiger partial charge < -0.3 is 34.8 Å². The van der Waals surface area contributed by atoms with Gasteiger partial charge in [-0.1, -0.05) is 27.7 Å². The standard InChI is InChI=1S/C34H57NO7/c1-18-6-9-26(35(5)16-18)19(2)22-7-8-23-21-15-27(37)25-14-20(10-12-34(25,4)24(21)11-13-33(22,23)3)41-32-31(40)30(39)29(38)28(17-36)42-32/h18-26,28-32,36,38-40H,6-17H2,1-5H3/t18-,19-,20-,21-,22+,23-,24-,25+,26+,28-,29-,30+,31-,32-,33+,34+/m0/s1. The molecule has 4 saturated carbocycles. The van der Waals surface area contributed by atoms with E-state index in [4.69, 9.17) is 9.47 Å². The summed E-state index contributed by atoms with van der Waals surface area (Å²) in [7, 11) is 2.33. The van der Waals surface area contributed by atoms with E-state index in [2.05, 4.69) is 39.6 Å². The minimum absolute atomic E-state index is 0.0417. The number of hydrogen-bond donors (Lipinski definition) is 4. The number of hydrogen-bond acceptors (Lipinski definition) is 8. The molecule has 16 atom stereocenters. The van der Waals surface area contributed by atoms with Crippen molar-refractivity contribution in [1.82, 2.24) is 4.90 Å². The van der Waals surface area contributed by atoms with Gasteiger partial charge in [0.05, 0.1) is 12.7 Å². The number of carbonyl (C=O) groups excluding carboxylic acids is 1. The molecule has 6 fully saturated rings. The van der Waals surface area contributed by atoms with Gasteiger partial charge in [-0.2, -0.15) is 0 Å². The zero-order chi connectivity index (χ0) is 30.1. The fraction of sp³-hybridized carbons (Fsp3) is 0.971. The van der Waals surface area contributed by atoms with E-state index in [1.807, 2.05) is 0 Å². The molecule has 240 valence electrons. The second kappa shape index (κ2) is 11.6. The number of fused-ring (bicyclic) bond motifs is 5. The molecule has 42 heavy (non-hydrogen) atoms. The number of rotatable bonds is 5. The summed E-state index contributed by atoms with van der Waals surface area (Å²) in [5.74, 6) is 4.17. The van der Waals surface area contributed by atoms with Crippen LogP contribution in [0.2, 0.25) is 0 Å². The largest absolute Gasteiger partial charge is 0.394 e. The van der Waals surface area contributed by atoms with Crippen molar-refractivity contribution in [3.05, 3.63) is 0 Å². The van der Waals surface area contributed by atoms with Gasteiger partial charge in [-0.3, -0.25) is 4.79 Å².